The first-order valence-electron chi connectivity index (χ1n) is 12.8. The molecule has 0 unspecified atom stereocenters. The zero-order valence-electron chi connectivity index (χ0n) is 22.9. The van der Waals surface area contributed by atoms with E-state index in [0.29, 0.717) is 5.69 Å². The molecule has 0 radical (unpaired) electrons. The van der Waals surface area contributed by atoms with E-state index in [4.69, 9.17) is 9.47 Å². The zero-order valence-corrected chi connectivity index (χ0v) is 23.7. The number of nitrogens with one attached hydrogen (secondary N) is 2. The van der Waals surface area contributed by atoms with Gasteiger partial charge in [-0.3, -0.25) is 9.69 Å². The number of amides is 2. The van der Waals surface area contributed by atoms with Crippen molar-refractivity contribution in [1.29, 1.82) is 0 Å². The molecule has 2 N–H and O–H groups in total. The summed E-state index contributed by atoms with van der Waals surface area (Å²) < 4.78 is 40.8. The second kappa shape index (κ2) is 10.1. The molecule has 1 fully saturated rings. The van der Waals surface area contributed by atoms with Crippen LogP contribution in [0, 0.1) is 13.8 Å². The standard InChI is InChI=1S/C28H31N5O6S/c1-16-8-6-9-17(2)24(16)21-14-23-31-26(30-21)32-40(36,37)20-11-7-10-18(12-20)29-25(34)22-13-19(38-23)15-33(22)27(35)39-28(3,4)5/h6-12,14,19,22H,13,15H2,1-5H3,(H,29,34)(H,30,31,32)/t19-,22-/m0/s1. The van der Waals surface area contributed by atoms with Crippen LogP contribution in [0.4, 0.5) is 16.4 Å². The van der Waals surface area contributed by atoms with Crippen molar-refractivity contribution in [2.45, 2.75) is 63.7 Å². The molecule has 0 saturated carbocycles. The monoisotopic (exact) mass is 565 g/mol. The minimum atomic E-state index is -4.13. The van der Waals surface area contributed by atoms with Gasteiger partial charge in [-0.2, -0.15) is 4.98 Å². The quantitative estimate of drug-likeness (QED) is 0.446. The van der Waals surface area contributed by atoms with Crippen LogP contribution < -0.4 is 14.8 Å². The molecule has 5 rings (SSSR count). The van der Waals surface area contributed by atoms with E-state index in [-0.39, 0.29) is 35.4 Å². The number of likely N-dealkylation sites (tertiary alicyclic amines) is 1. The van der Waals surface area contributed by atoms with Crippen LogP contribution in [0.25, 0.3) is 11.3 Å². The second-order valence-corrected chi connectivity index (χ2v) is 12.6. The summed E-state index contributed by atoms with van der Waals surface area (Å²) in [5.74, 6) is -0.553. The zero-order chi connectivity index (χ0) is 28.8. The fourth-order valence-corrected chi connectivity index (χ4v) is 5.84. The van der Waals surface area contributed by atoms with Crippen molar-refractivity contribution in [3.05, 3.63) is 59.7 Å². The molecular weight excluding hydrogens is 534 g/mol. The largest absolute Gasteiger partial charge is 0.472 e. The first kappa shape index (κ1) is 27.4. The molecule has 2 aromatic carbocycles. The maximum Gasteiger partial charge on any atom is 0.411 e. The normalized spacial score (nSPS) is 20.0. The summed E-state index contributed by atoms with van der Waals surface area (Å²) in [5, 5.41) is 2.73. The van der Waals surface area contributed by atoms with Crippen molar-refractivity contribution in [3.63, 3.8) is 0 Å². The molecule has 2 aliphatic rings. The maximum atomic E-state index is 13.4. The predicted octanol–water partition coefficient (Wildman–Crippen LogP) is 4.27. The molecule has 0 aliphatic carbocycles. The average Bonchev–Trinajstić information content (AvgIpc) is 3.26. The van der Waals surface area contributed by atoms with Gasteiger partial charge in [0.1, 0.15) is 17.7 Å². The average molecular weight is 566 g/mol. The first-order valence-corrected chi connectivity index (χ1v) is 14.3. The number of sulfonamides is 1. The van der Waals surface area contributed by atoms with Gasteiger partial charge in [0.25, 0.3) is 10.0 Å². The highest BCUT2D eigenvalue weighted by Gasteiger charge is 2.43. The van der Waals surface area contributed by atoms with E-state index >= 15 is 0 Å². The van der Waals surface area contributed by atoms with Crippen molar-refractivity contribution < 1.29 is 27.5 Å². The molecule has 2 amide bonds. The van der Waals surface area contributed by atoms with Gasteiger partial charge in [0.05, 0.1) is 17.1 Å². The van der Waals surface area contributed by atoms with Crippen LogP contribution in [0.3, 0.4) is 0 Å². The fraction of sp³-hybridized carbons (Fsp3) is 0.357. The van der Waals surface area contributed by atoms with Crippen molar-refractivity contribution in [1.82, 2.24) is 14.9 Å². The van der Waals surface area contributed by atoms with Crippen molar-refractivity contribution in [2.24, 2.45) is 0 Å². The number of aromatic nitrogens is 2. The lowest BCUT2D eigenvalue weighted by molar-refractivity contribution is -0.120. The molecule has 6 bridgehead atoms. The molecule has 2 aliphatic heterocycles. The summed E-state index contributed by atoms with van der Waals surface area (Å²) >= 11 is 0. The number of benzene rings is 2. The Labute approximate surface area is 233 Å². The minimum Gasteiger partial charge on any atom is -0.472 e. The Morgan fingerprint density at radius 2 is 1.77 bits per heavy atom. The van der Waals surface area contributed by atoms with E-state index in [1.807, 2.05) is 32.0 Å². The number of rotatable bonds is 1. The van der Waals surface area contributed by atoms with Gasteiger partial charge < -0.3 is 14.8 Å². The van der Waals surface area contributed by atoms with Crippen molar-refractivity contribution in [3.8, 4) is 17.1 Å². The van der Waals surface area contributed by atoms with Crippen LogP contribution in [0.2, 0.25) is 0 Å². The molecule has 40 heavy (non-hydrogen) atoms. The second-order valence-electron chi connectivity index (χ2n) is 10.9. The third-order valence-corrected chi connectivity index (χ3v) is 7.88. The predicted molar refractivity (Wildman–Crippen MR) is 149 cm³/mol. The SMILES string of the molecule is Cc1cccc(C)c1-c1cc2nc(n1)NS(=O)(=O)c1cccc(c1)NC(=O)[C@@H]1C[C@@H](CN1C(=O)OC(C)(C)C)O2. The third kappa shape index (κ3) is 5.71. The van der Waals surface area contributed by atoms with E-state index in [0.717, 1.165) is 16.7 Å². The molecule has 12 heteroatoms. The first-order chi connectivity index (χ1) is 18.8. The van der Waals surface area contributed by atoms with E-state index in [1.54, 1.807) is 32.9 Å². The summed E-state index contributed by atoms with van der Waals surface area (Å²) in [6, 6.07) is 12.3. The molecule has 3 aromatic rings. The van der Waals surface area contributed by atoms with Crippen molar-refractivity contribution >= 4 is 33.7 Å². The molecule has 1 aromatic heterocycles. The van der Waals surface area contributed by atoms with E-state index < -0.39 is 39.8 Å². The summed E-state index contributed by atoms with van der Waals surface area (Å²) in [5.41, 5.74) is 2.65. The molecule has 0 spiro atoms. The van der Waals surface area contributed by atoms with Crippen LogP contribution in [-0.4, -0.2) is 59.6 Å². The summed E-state index contributed by atoms with van der Waals surface area (Å²) in [7, 11) is -4.13. The lowest BCUT2D eigenvalue weighted by Gasteiger charge is -2.27. The van der Waals surface area contributed by atoms with Gasteiger partial charge in [-0.05, 0) is 63.9 Å². The van der Waals surface area contributed by atoms with E-state index in [1.165, 1.54) is 23.1 Å². The van der Waals surface area contributed by atoms with Gasteiger partial charge in [0, 0.05) is 23.7 Å². The Morgan fingerprint density at radius 3 is 2.48 bits per heavy atom. The fourth-order valence-electron chi connectivity index (χ4n) is 4.85. The Morgan fingerprint density at radius 1 is 1.07 bits per heavy atom. The smallest absolute Gasteiger partial charge is 0.411 e. The van der Waals surface area contributed by atoms with Gasteiger partial charge in [-0.1, -0.05) is 24.3 Å². The lowest BCUT2D eigenvalue weighted by Crippen LogP contribution is -2.45. The van der Waals surface area contributed by atoms with Crippen LogP contribution >= 0.6 is 0 Å². The number of carbonyl (C=O) groups excluding carboxylic acids is 2. The van der Waals surface area contributed by atoms with Gasteiger partial charge in [-0.25, -0.2) is 22.9 Å². The van der Waals surface area contributed by atoms with Crippen molar-refractivity contribution in [2.75, 3.05) is 16.6 Å². The summed E-state index contributed by atoms with van der Waals surface area (Å²) in [6.45, 7) is 9.18. The van der Waals surface area contributed by atoms with E-state index in [9.17, 15) is 18.0 Å². The van der Waals surface area contributed by atoms with Crippen LogP contribution in [0.5, 0.6) is 5.88 Å². The van der Waals surface area contributed by atoms with Gasteiger partial charge in [-0.15, -0.1) is 0 Å². The Kier molecular flexibility index (Phi) is 6.90. The summed E-state index contributed by atoms with van der Waals surface area (Å²) in [4.78, 5) is 36.6. The number of hydrogen-bond acceptors (Lipinski definition) is 8. The summed E-state index contributed by atoms with van der Waals surface area (Å²) in [6.07, 6.45) is -1.10. The number of aryl methyl sites for hydroxylation is 2. The topological polar surface area (TPSA) is 140 Å². The Hall–Kier alpha value is -4.19. The number of fused-ring (bicyclic) bond motifs is 6. The lowest BCUT2D eigenvalue weighted by atomic mass is 10.00. The number of nitrogens with zero attached hydrogens (tertiary/aromatic N) is 3. The molecule has 3 heterocycles. The Balaban J connectivity index is 1.63. The maximum absolute atomic E-state index is 13.4. The van der Waals surface area contributed by atoms with Crippen LogP contribution in [0.15, 0.2) is 53.4 Å². The number of hydrogen-bond donors (Lipinski definition) is 2. The van der Waals surface area contributed by atoms with Gasteiger partial charge in [0.15, 0.2) is 0 Å². The third-order valence-electron chi connectivity index (χ3n) is 6.56. The molecule has 2 atom stereocenters. The highest BCUT2D eigenvalue weighted by Crippen LogP contribution is 2.32. The Bertz CT molecular complexity index is 1580. The highest BCUT2D eigenvalue weighted by molar-refractivity contribution is 7.92. The molecule has 1 saturated heterocycles. The number of ether oxygens (including phenoxy) is 2. The van der Waals surface area contributed by atoms with Gasteiger partial charge >= 0.3 is 6.09 Å². The van der Waals surface area contributed by atoms with E-state index in [2.05, 4.69) is 20.0 Å². The highest BCUT2D eigenvalue weighted by atomic mass is 32.2. The van der Waals surface area contributed by atoms with Crippen LogP contribution in [-0.2, 0) is 19.6 Å². The molecular formula is C28H31N5O6S. The molecule has 11 nitrogen and oxygen atoms in total. The number of anilines is 2. The minimum absolute atomic E-state index is 0.0663. The van der Waals surface area contributed by atoms with Crippen LogP contribution in [0.1, 0.15) is 38.3 Å². The number of carbonyl (C=O) groups is 2. The molecule has 210 valence electrons. The van der Waals surface area contributed by atoms with Gasteiger partial charge in [0.2, 0.25) is 17.7 Å².